The summed E-state index contributed by atoms with van der Waals surface area (Å²) in [5.74, 6) is -0.482. The van der Waals surface area contributed by atoms with Gasteiger partial charge in [-0.15, -0.1) is 0 Å². The zero-order valence-electron chi connectivity index (χ0n) is 17.1. The highest BCUT2D eigenvalue weighted by atomic mass is 19.1. The lowest BCUT2D eigenvalue weighted by atomic mass is 10.0. The molecule has 0 atom stereocenters. The number of carboxylic acid groups (broad SMARTS) is 1. The van der Waals surface area contributed by atoms with Gasteiger partial charge >= 0.3 is 5.97 Å². The molecule has 0 aliphatic heterocycles. The van der Waals surface area contributed by atoms with Crippen molar-refractivity contribution >= 4 is 16.9 Å². The van der Waals surface area contributed by atoms with Gasteiger partial charge < -0.3 is 23.5 Å². The summed E-state index contributed by atoms with van der Waals surface area (Å²) in [5, 5.41) is 14.3. The summed E-state index contributed by atoms with van der Waals surface area (Å²) in [6, 6.07) is 10.5. The molecule has 4 aromatic rings. The van der Waals surface area contributed by atoms with Gasteiger partial charge in [0.05, 0.1) is 6.10 Å². The molecular weight excluding hydrogens is 405 g/mol. The normalized spacial score (nSPS) is 11.4. The van der Waals surface area contributed by atoms with Crippen LogP contribution in [-0.4, -0.2) is 29.4 Å². The van der Waals surface area contributed by atoms with Crippen molar-refractivity contribution in [1.82, 2.24) is 5.16 Å². The van der Waals surface area contributed by atoms with Gasteiger partial charge in [0.2, 0.25) is 0 Å². The SMILES string of the molecule is COCc1cc(-c2cc3oc(-c4ccc(F)cc4)c(C(=O)O)c3cc2OC(C)C)no1. The molecule has 7 nitrogen and oxygen atoms in total. The van der Waals surface area contributed by atoms with E-state index in [9.17, 15) is 14.3 Å². The number of carbonyl (C=O) groups is 1. The predicted molar refractivity (Wildman–Crippen MR) is 111 cm³/mol. The largest absolute Gasteiger partial charge is 0.490 e. The molecule has 0 bridgehead atoms. The third kappa shape index (κ3) is 4.02. The van der Waals surface area contributed by atoms with E-state index in [4.69, 9.17) is 18.4 Å². The van der Waals surface area contributed by atoms with Crippen LogP contribution in [0.2, 0.25) is 0 Å². The molecule has 2 aromatic heterocycles. The van der Waals surface area contributed by atoms with Crippen molar-refractivity contribution < 1.29 is 32.7 Å². The topological polar surface area (TPSA) is 94.9 Å². The van der Waals surface area contributed by atoms with Crippen LogP contribution in [0.4, 0.5) is 4.39 Å². The Labute approximate surface area is 177 Å². The number of furan rings is 1. The number of benzene rings is 2. The van der Waals surface area contributed by atoms with Gasteiger partial charge in [-0.25, -0.2) is 9.18 Å². The molecule has 0 fully saturated rings. The molecule has 2 aromatic carbocycles. The molecule has 8 heteroatoms. The van der Waals surface area contributed by atoms with Crippen molar-refractivity contribution in [3.8, 4) is 28.3 Å². The number of nitrogens with zero attached hydrogens (tertiary/aromatic N) is 1. The van der Waals surface area contributed by atoms with Crippen molar-refractivity contribution in [2.24, 2.45) is 0 Å². The maximum absolute atomic E-state index is 13.3. The lowest BCUT2D eigenvalue weighted by Crippen LogP contribution is -2.07. The summed E-state index contributed by atoms with van der Waals surface area (Å²) in [4.78, 5) is 12.1. The number of hydrogen-bond donors (Lipinski definition) is 1. The summed E-state index contributed by atoms with van der Waals surface area (Å²) in [6.45, 7) is 3.99. The van der Waals surface area contributed by atoms with Gasteiger partial charge in [-0.3, -0.25) is 0 Å². The Balaban J connectivity index is 1.94. The highest BCUT2D eigenvalue weighted by Gasteiger charge is 2.25. The Kier molecular flexibility index (Phi) is 5.48. The standard InChI is InChI=1S/C23H20FNO6/c1-12(2)29-19-10-17-20(9-16(19)18-8-15(11-28-3)31-25-18)30-22(21(17)23(26)27)13-4-6-14(24)7-5-13/h4-10,12H,11H2,1-3H3,(H,26,27). The third-order valence-corrected chi connectivity index (χ3v) is 4.59. The first-order valence-corrected chi connectivity index (χ1v) is 9.58. The molecule has 31 heavy (non-hydrogen) atoms. The van der Waals surface area contributed by atoms with Crippen LogP contribution in [-0.2, 0) is 11.3 Å². The molecule has 0 amide bonds. The summed E-state index contributed by atoms with van der Waals surface area (Å²) in [7, 11) is 1.55. The van der Waals surface area contributed by atoms with Crippen LogP contribution in [0, 0.1) is 5.82 Å². The first-order chi connectivity index (χ1) is 14.9. The molecule has 0 spiro atoms. The van der Waals surface area contributed by atoms with Crippen molar-refractivity contribution in [2.45, 2.75) is 26.6 Å². The molecule has 0 aliphatic carbocycles. The number of aromatic nitrogens is 1. The molecule has 0 aliphatic rings. The van der Waals surface area contributed by atoms with Gasteiger partial charge in [-0.05, 0) is 50.2 Å². The molecular formula is C23H20FNO6. The Morgan fingerprint density at radius 1 is 1.19 bits per heavy atom. The monoisotopic (exact) mass is 425 g/mol. The molecule has 0 saturated carbocycles. The molecule has 160 valence electrons. The number of carboxylic acids is 1. The zero-order chi connectivity index (χ0) is 22.1. The van der Waals surface area contributed by atoms with Crippen molar-refractivity contribution in [3.63, 3.8) is 0 Å². The van der Waals surface area contributed by atoms with E-state index in [-0.39, 0.29) is 24.0 Å². The molecule has 4 rings (SSSR count). The summed E-state index contributed by atoms with van der Waals surface area (Å²) < 4.78 is 35.6. The molecule has 0 saturated heterocycles. The Bertz CT molecular complexity index is 1240. The lowest BCUT2D eigenvalue weighted by Gasteiger charge is -2.13. The summed E-state index contributed by atoms with van der Waals surface area (Å²) >= 11 is 0. The Morgan fingerprint density at radius 2 is 1.94 bits per heavy atom. The number of hydrogen-bond acceptors (Lipinski definition) is 6. The average Bonchev–Trinajstić information content (AvgIpc) is 3.32. The van der Waals surface area contributed by atoms with Crippen molar-refractivity contribution in [1.29, 1.82) is 0 Å². The molecule has 0 radical (unpaired) electrons. The highest BCUT2D eigenvalue weighted by Crippen LogP contribution is 2.40. The van der Waals surface area contributed by atoms with Crippen LogP contribution < -0.4 is 4.74 Å². The van der Waals surface area contributed by atoms with Gasteiger partial charge in [-0.1, -0.05) is 5.16 Å². The van der Waals surface area contributed by atoms with Gasteiger partial charge in [0, 0.05) is 29.7 Å². The second-order valence-electron chi connectivity index (χ2n) is 7.24. The van der Waals surface area contributed by atoms with Gasteiger partial charge in [0.15, 0.2) is 5.76 Å². The van der Waals surface area contributed by atoms with Gasteiger partial charge in [-0.2, -0.15) is 0 Å². The maximum Gasteiger partial charge on any atom is 0.340 e. The second-order valence-corrected chi connectivity index (χ2v) is 7.24. The van der Waals surface area contributed by atoms with E-state index in [0.717, 1.165) is 0 Å². The third-order valence-electron chi connectivity index (χ3n) is 4.59. The maximum atomic E-state index is 13.3. The number of fused-ring (bicyclic) bond motifs is 1. The van der Waals surface area contributed by atoms with E-state index in [0.29, 0.717) is 39.3 Å². The quantitative estimate of drug-likeness (QED) is 0.416. The molecule has 1 N–H and O–H groups in total. The van der Waals surface area contributed by atoms with Crippen LogP contribution in [0.3, 0.4) is 0 Å². The summed E-state index contributed by atoms with van der Waals surface area (Å²) in [6.07, 6.45) is -0.168. The Morgan fingerprint density at radius 3 is 2.58 bits per heavy atom. The summed E-state index contributed by atoms with van der Waals surface area (Å²) in [5.41, 5.74) is 1.85. The predicted octanol–water partition coefficient (Wildman–Crippen LogP) is 5.53. The molecule has 0 unspecified atom stereocenters. The lowest BCUT2D eigenvalue weighted by molar-refractivity contribution is 0.0699. The average molecular weight is 425 g/mol. The van der Waals surface area contributed by atoms with Crippen LogP contribution in [0.25, 0.3) is 33.6 Å². The van der Waals surface area contributed by atoms with E-state index >= 15 is 0 Å². The second kappa shape index (κ2) is 8.23. The van der Waals surface area contributed by atoms with E-state index in [1.54, 1.807) is 25.3 Å². The highest BCUT2D eigenvalue weighted by molar-refractivity contribution is 6.09. The van der Waals surface area contributed by atoms with Crippen LogP contribution >= 0.6 is 0 Å². The van der Waals surface area contributed by atoms with E-state index in [1.165, 1.54) is 24.3 Å². The number of halogens is 1. The van der Waals surface area contributed by atoms with Crippen molar-refractivity contribution in [2.75, 3.05) is 7.11 Å². The first-order valence-electron chi connectivity index (χ1n) is 9.58. The number of aromatic carboxylic acids is 1. The van der Waals surface area contributed by atoms with Crippen LogP contribution in [0.15, 0.2) is 51.4 Å². The van der Waals surface area contributed by atoms with Crippen LogP contribution in [0.1, 0.15) is 30.0 Å². The molecule has 2 heterocycles. The Hall–Kier alpha value is -3.65. The number of ether oxygens (including phenoxy) is 2. The van der Waals surface area contributed by atoms with Crippen molar-refractivity contribution in [3.05, 3.63) is 59.6 Å². The minimum atomic E-state index is -1.16. The minimum Gasteiger partial charge on any atom is -0.490 e. The number of rotatable bonds is 7. The van der Waals surface area contributed by atoms with E-state index in [1.807, 2.05) is 13.8 Å². The van der Waals surface area contributed by atoms with E-state index in [2.05, 4.69) is 5.16 Å². The van der Waals surface area contributed by atoms with Gasteiger partial charge in [0.1, 0.15) is 40.8 Å². The van der Waals surface area contributed by atoms with E-state index < -0.39 is 11.8 Å². The zero-order valence-corrected chi connectivity index (χ0v) is 17.1. The minimum absolute atomic E-state index is 0.0259. The fourth-order valence-electron chi connectivity index (χ4n) is 3.34. The van der Waals surface area contributed by atoms with Crippen LogP contribution in [0.5, 0.6) is 5.75 Å². The van der Waals surface area contributed by atoms with Gasteiger partial charge in [0.25, 0.3) is 0 Å². The fraction of sp³-hybridized carbons (Fsp3) is 0.217. The number of methoxy groups -OCH3 is 1. The smallest absolute Gasteiger partial charge is 0.340 e. The fourth-order valence-corrected chi connectivity index (χ4v) is 3.34. The first kappa shape index (κ1) is 20.6.